The molecular weight excluding hydrogens is 418 g/mol. The maximum atomic E-state index is 12.4. The first-order valence-electron chi connectivity index (χ1n) is 10.9. The van der Waals surface area contributed by atoms with Gasteiger partial charge in [0.05, 0.1) is 18.5 Å². The zero-order valence-corrected chi connectivity index (χ0v) is 18.3. The van der Waals surface area contributed by atoms with Crippen molar-refractivity contribution in [3.05, 3.63) is 88.4 Å². The first kappa shape index (κ1) is 21.2. The predicted molar refractivity (Wildman–Crippen MR) is 123 cm³/mol. The molecule has 1 aliphatic rings. The molecule has 0 radical (unpaired) electrons. The molecule has 0 saturated carbocycles. The number of aryl methyl sites for hydroxylation is 1. The molecule has 1 fully saturated rings. The molecule has 4 heterocycles. The Bertz CT molecular complexity index is 1310. The standard InChI is InChI=1S/C24H25N7O2/c1-30-15-19(13-28-30)31-8-6-22(32)21(29-31)10-16-3-2-4-17(9-16)24-26-11-18(12-27-24)20-5-7-25-14-23(20)33/h2-4,6,8-9,11-13,15,20,23,25,33H,5,7,10,14H2,1H3/t20?,23-/m0/s1. The van der Waals surface area contributed by atoms with Crippen LogP contribution in [0.1, 0.15) is 29.2 Å². The summed E-state index contributed by atoms with van der Waals surface area (Å²) < 4.78 is 3.35. The van der Waals surface area contributed by atoms with E-state index in [-0.39, 0.29) is 11.3 Å². The lowest BCUT2D eigenvalue weighted by Crippen LogP contribution is -2.39. The maximum absolute atomic E-state index is 12.4. The van der Waals surface area contributed by atoms with E-state index < -0.39 is 6.10 Å². The highest BCUT2D eigenvalue weighted by molar-refractivity contribution is 5.56. The van der Waals surface area contributed by atoms with E-state index >= 15 is 0 Å². The quantitative estimate of drug-likeness (QED) is 0.480. The van der Waals surface area contributed by atoms with E-state index in [1.807, 2.05) is 37.5 Å². The van der Waals surface area contributed by atoms with Crippen LogP contribution in [0, 0.1) is 0 Å². The molecular formula is C24H25N7O2. The van der Waals surface area contributed by atoms with Crippen molar-refractivity contribution in [1.29, 1.82) is 0 Å². The summed E-state index contributed by atoms with van der Waals surface area (Å²) in [7, 11) is 1.83. The molecule has 5 rings (SSSR count). The summed E-state index contributed by atoms with van der Waals surface area (Å²) in [6.07, 6.45) is 9.63. The number of β-amino-alcohol motifs (C(OH)–C–C–N with tert-alkyl or cyclic N) is 1. The van der Waals surface area contributed by atoms with Crippen molar-refractivity contribution in [3.8, 4) is 17.1 Å². The third-order valence-corrected chi connectivity index (χ3v) is 5.94. The molecule has 1 aliphatic heterocycles. The Hall–Kier alpha value is -3.69. The van der Waals surface area contributed by atoms with Crippen LogP contribution in [0.25, 0.3) is 17.1 Å². The maximum Gasteiger partial charge on any atom is 0.203 e. The van der Waals surface area contributed by atoms with Crippen molar-refractivity contribution in [3.63, 3.8) is 0 Å². The Labute approximate surface area is 190 Å². The van der Waals surface area contributed by atoms with Crippen LogP contribution in [0.15, 0.2) is 66.1 Å². The van der Waals surface area contributed by atoms with Gasteiger partial charge in [0.15, 0.2) is 5.82 Å². The molecule has 0 aliphatic carbocycles. The normalized spacial score (nSPS) is 18.4. The van der Waals surface area contributed by atoms with Crippen molar-refractivity contribution in [2.75, 3.05) is 13.1 Å². The molecule has 9 heteroatoms. The lowest BCUT2D eigenvalue weighted by atomic mass is 9.90. The van der Waals surface area contributed by atoms with Crippen LogP contribution in [0.2, 0.25) is 0 Å². The van der Waals surface area contributed by atoms with Crippen LogP contribution < -0.4 is 10.7 Å². The number of benzene rings is 1. The number of nitrogens with one attached hydrogen (secondary N) is 1. The predicted octanol–water partition coefficient (Wildman–Crippen LogP) is 1.45. The first-order valence-corrected chi connectivity index (χ1v) is 10.9. The van der Waals surface area contributed by atoms with Gasteiger partial charge in [0.2, 0.25) is 5.43 Å². The Morgan fingerprint density at radius 1 is 1.18 bits per heavy atom. The van der Waals surface area contributed by atoms with Crippen LogP contribution in [-0.2, 0) is 13.5 Å². The molecule has 33 heavy (non-hydrogen) atoms. The number of rotatable bonds is 5. The SMILES string of the molecule is Cn1cc(-n2ccc(=O)c(Cc3cccc(-c4ncc(C5CCNC[C@@H]5O)cn4)c3)n2)cn1. The summed E-state index contributed by atoms with van der Waals surface area (Å²) in [5, 5.41) is 22.1. The monoisotopic (exact) mass is 443 g/mol. The van der Waals surface area contributed by atoms with E-state index in [0.717, 1.165) is 35.3 Å². The number of nitrogens with zero attached hydrogens (tertiary/aromatic N) is 6. The highest BCUT2D eigenvalue weighted by Gasteiger charge is 2.25. The third-order valence-electron chi connectivity index (χ3n) is 5.94. The number of aromatic nitrogens is 6. The van der Waals surface area contributed by atoms with Crippen molar-refractivity contribution in [1.82, 2.24) is 34.8 Å². The van der Waals surface area contributed by atoms with Gasteiger partial charge in [-0.15, -0.1) is 0 Å². The second-order valence-electron chi connectivity index (χ2n) is 8.33. The summed E-state index contributed by atoms with van der Waals surface area (Å²) in [6, 6.07) is 9.35. The summed E-state index contributed by atoms with van der Waals surface area (Å²) >= 11 is 0. The van der Waals surface area contributed by atoms with Crippen molar-refractivity contribution < 1.29 is 5.11 Å². The molecule has 4 aromatic rings. The highest BCUT2D eigenvalue weighted by atomic mass is 16.3. The largest absolute Gasteiger partial charge is 0.391 e. The van der Waals surface area contributed by atoms with Crippen LogP contribution >= 0.6 is 0 Å². The lowest BCUT2D eigenvalue weighted by molar-refractivity contribution is 0.118. The number of aliphatic hydroxyl groups is 1. The fourth-order valence-corrected chi connectivity index (χ4v) is 4.16. The molecule has 168 valence electrons. The van der Waals surface area contributed by atoms with Gasteiger partial charge >= 0.3 is 0 Å². The fourth-order valence-electron chi connectivity index (χ4n) is 4.16. The number of aliphatic hydroxyl groups excluding tert-OH is 1. The average Bonchev–Trinajstić information content (AvgIpc) is 3.27. The number of piperidine rings is 1. The zero-order chi connectivity index (χ0) is 22.8. The van der Waals surface area contributed by atoms with Gasteiger partial charge in [0, 0.05) is 56.2 Å². The van der Waals surface area contributed by atoms with Crippen LogP contribution in [-0.4, -0.2) is 53.8 Å². The van der Waals surface area contributed by atoms with E-state index in [1.165, 1.54) is 6.07 Å². The topological polar surface area (TPSA) is 111 Å². The van der Waals surface area contributed by atoms with Crippen molar-refractivity contribution in [2.24, 2.45) is 7.05 Å². The van der Waals surface area contributed by atoms with Gasteiger partial charge in [-0.05, 0) is 30.2 Å². The van der Waals surface area contributed by atoms with Crippen molar-refractivity contribution >= 4 is 0 Å². The second kappa shape index (κ2) is 9.05. The van der Waals surface area contributed by atoms with Crippen LogP contribution in [0.3, 0.4) is 0 Å². The molecule has 0 amide bonds. The molecule has 0 bridgehead atoms. The van der Waals surface area contributed by atoms with E-state index in [0.29, 0.717) is 24.5 Å². The van der Waals surface area contributed by atoms with Gasteiger partial charge in [-0.3, -0.25) is 9.48 Å². The smallest absolute Gasteiger partial charge is 0.203 e. The Morgan fingerprint density at radius 2 is 2.03 bits per heavy atom. The lowest BCUT2D eigenvalue weighted by Gasteiger charge is -2.28. The third kappa shape index (κ3) is 4.59. The van der Waals surface area contributed by atoms with Crippen LogP contribution in [0.4, 0.5) is 0 Å². The first-order chi connectivity index (χ1) is 16.1. The molecule has 2 N–H and O–H groups in total. The fraction of sp³-hybridized carbons (Fsp3) is 0.292. The minimum atomic E-state index is -0.425. The van der Waals surface area contributed by atoms with Crippen molar-refractivity contribution in [2.45, 2.75) is 24.9 Å². The minimum Gasteiger partial charge on any atom is -0.391 e. The Kier molecular flexibility index (Phi) is 5.80. The van der Waals surface area contributed by atoms with E-state index in [4.69, 9.17) is 0 Å². The number of hydrogen-bond acceptors (Lipinski definition) is 7. The summed E-state index contributed by atoms with van der Waals surface area (Å²) in [6.45, 7) is 1.46. The summed E-state index contributed by atoms with van der Waals surface area (Å²) in [4.78, 5) is 21.5. The van der Waals surface area contributed by atoms with Gasteiger partial charge in [0.25, 0.3) is 0 Å². The van der Waals surface area contributed by atoms with Crippen LogP contribution in [0.5, 0.6) is 0 Å². The van der Waals surface area contributed by atoms with E-state index in [9.17, 15) is 9.90 Å². The molecule has 0 spiro atoms. The average molecular weight is 444 g/mol. The highest BCUT2D eigenvalue weighted by Crippen LogP contribution is 2.26. The van der Waals surface area contributed by atoms with E-state index in [2.05, 4.69) is 25.5 Å². The van der Waals surface area contributed by atoms with Gasteiger partial charge in [-0.2, -0.15) is 10.2 Å². The Morgan fingerprint density at radius 3 is 2.79 bits per heavy atom. The molecule has 9 nitrogen and oxygen atoms in total. The van der Waals surface area contributed by atoms with Gasteiger partial charge < -0.3 is 10.4 Å². The molecule has 2 atom stereocenters. The van der Waals surface area contributed by atoms with Gasteiger partial charge in [-0.25, -0.2) is 14.6 Å². The molecule has 1 aromatic carbocycles. The summed E-state index contributed by atoms with van der Waals surface area (Å²) in [5.74, 6) is 0.663. The minimum absolute atomic E-state index is 0.0535. The zero-order valence-electron chi connectivity index (χ0n) is 18.3. The van der Waals surface area contributed by atoms with E-state index in [1.54, 1.807) is 34.2 Å². The van der Waals surface area contributed by atoms with Gasteiger partial charge in [0.1, 0.15) is 11.4 Å². The molecule has 3 aromatic heterocycles. The summed E-state index contributed by atoms with van der Waals surface area (Å²) in [5.41, 5.74) is 3.90. The Balaban J connectivity index is 1.37. The number of hydrogen-bond donors (Lipinski definition) is 2. The molecule has 1 unspecified atom stereocenters. The van der Waals surface area contributed by atoms with Gasteiger partial charge in [-0.1, -0.05) is 18.2 Å². The second-order valence-corrected chi connectivity index (χ2v) is 8.33. The molecule has 1 saturated heterocycles.